The van der Waals surface area contributed by atoms with Gasteiger partial charge < -0.3 is 4.74 Å². The molecule has 0 spiro atoms. The van der Waals surface area contributed by atoms with Crippen LogP contribution in [0.4, 0.5) is 0 Å². The molecule has 0 aromatic heterocycles. The molecule has 1 aliphatic rings. The number of hydrogen-bond donors (Lipinski definition) is 1. The average Bonchev–Trinajstić information content (AvgIpc) is 2.80. The second kappa shape index (κ2) is 6.14. The Hall–Kier alpha value is -0.420. The number of rotatable bonds is 2. The monoisotopic (exact) mass is 333 g/mol. The van der Waals surface area contributed by atoms with Crippen LogP contribution in [0.3, 0.4) is 0 Å². The largest absolute Gasteiger partial charge is 0.459 e. The van der Waals surface area contributed by atoms with Crippen molar-refractivity contribution in [3.05, 3.63) is 33.8 Å². The quantitative estimate of drug-likeness (QED) is 0.829. The molecule has 0 aliphatic carbocycles. The molecular formula is C14H17Cl2NO2S. The second-order valence-corrected chi connectivity index (χ2v) is 7.53. The molecule has 1 aromatic carbocycles. The molecule has 0 amide bonds. The van der Waals surface area contributed by atoms with E-state index >= 15 is 0 Å². The Morgan fingerprint density at radius 2 is 2.10 bits per heavy atom. The van der Waals surface area contributed by atoms with Crippen LogP contribution in [0.5, 0.6) is 0 Å². The topological polar surface area (TPSA) is 38.3 Å². The third-order valence-corrected chi connectivity index (χ3v) is 4.82. The molecule has 110 valence electrons. The Kier molecular flexibility index (Phi) is 4.90. The summed E-state index contributed by atoms with van der Waals surface area (Å²) in [5, 5.41) is 4.25. The highest BCUT2D eigenvalue weighted by molar-refractivity contribution is 7.99. The summed E-state index contributed by atoms with van der Waals surface area (Å²) in [4.78, 5) is 12.0. The van der Waals surface area contributed by atoms with E-state index < -0.39 is 5.60 Å². The molecular weight excluding hydrogens is 317 g/mol. The minimum Gasteiger partial charge on any atom is -0.459 e. The first-order chi connectivity index (χ1) is 9.28. The van der Waals surface area contributed by atoms with Crippen LogP contribution in [-0.2, 0) is 9.53 Å². The van der Waals surface area contributed by atoms with Crippen molar-refractivity contribution in [3.63, 3.8) is 0 Å². The van der Waals surface area contributed by atoms with Crippen LogP contribution in [0, 0.1) is 0 Å². The summed E-state index contributed by atoms with van der Waals surface area (Å²) < 4.78 is 5.39. The first-order valence-corrected chi connectivity index (χ1v) is 8.13. The van der Waals surface area contributed by atoms with E-state index in [1.165, 1.54) is 0 Å². The van der Waals surface area contributed by atoms with Gasteiger partial charge in [0, 0.05) is 5.75 Å². The van der Waals surface area contributed by atoms with Gasteiger partial charge in [0.25, 0.3) is 0 Å². The number of esters is 1. The fourth-order valence-corrected chi connectivity index (χ4v) is 3.62. The fourth-order valence-electron chi connectivity index (χ4n) is 1.88. The smallest absolute Gasteiger partial charge is 0.324 e. The van der Waals surface area contributed by atoms with Crippen molar-refractivity contribution in [3.8, 4) is 0 Å². The second-order valence-electron chi connectivity index (χ2n) is 5.61. The van der Waals surface area contributed by atoms with Gasteiger partial charge in [-0.2, -0.15) is 0 Å². The standard InChI is InChI=1S/C14H17Cl2NO2S/c1-14(2,3)19-13(18)10-7-20-12(17-10)8-5-4-6-9(15)11(8)16/h4-6,10,12,17H,7H2,1-3H3/t10-,12?/m0/s1. The van der Waals surface area contributed by atoms with Gasteiger partial charge in [-0.25, -0.2) is 0 Å². The molecule has 0 bridgehead atoms. The zero-order valence-corrected chi connectivity index (χ0v) is 13.9. The normalized spacial score (nSPS) is 22.9. The molecule has 0 saturated carbocycles. The third kappa shape index (κ3) is 3.82. The molecule has 2 atom stereocenters. The van der Waals surface area contributed by atoms with Crippen LogP contribution in [0.2, 0.25) is 10.0 Å². The minimum atomic E-state index is -0.477. The molecule has 0 radical (unpaired) electrons. The molecule has 2 rings (SSSR count). The summed E-state index contributed by atoms with van der Waals surface area (Å²) in [6.07, 6.45) is 0. The molecule has 6 heteroatoms. The van der Waals surface area contributed by atoms with Crippen LogP contribution in [0.1, 0.15) is 31.7 Å². The van der Waals surface area contributed by atoms with E-state index in [-0.39, 0.29) is 17.4 Å². The SMILES string of the molecule is CC(C)(C)OC(=O)[C@@H]1CSC(c2cccc(Cl)c2Cl)N1. The molecule has 20 heavy (non-hydrogen) atoms. The maximum absolute atomic E-state index is 12.0. The van der Waals surface area contributed by atoms with Gasteiger partial charge >= 0.3 is 5.97 Å². The van der Waals surface area contributed by atoms with E-state index in [2.05, 4.69) is 5.32 Å². The number of thioether (sulfide) groups is 1. The van der Waals surface area contributed by atoms with E-state index in [4.69, 9.17) is 27.9 Å². The summed E-state index contributed by atoms with van der Waals surface area (Å²) in [6, 6.07) is 5.20. The van der Waals surface area contributed by atoms with Gasteiger partial charge in [-0.05, 0) is 32.4 Å². The van der Waals surface area contributed by atoms with Crippen molar-refractivity contribution in [2.75, 3.05) is 5.75 Å². The highest BCUT2D eigenvalue weighted by Crippen LogP contribution is 2.39. The lowest BCUT2D eigenvalue weighted by Crippen LogP contribution is -2.39. The van der Waals surface area contributed by atoms with E-state index in [9.17, 15) is 4.79 Å². The molecule has 1 fully saturated rings. The van der Waals surface area contributed by atoms with Gasteiger partial charge in [0.15, 0.2) is 0 Å². The van der Waals surface area contributed by atoms with Crippen molar-refractivity contribution in [1.29, 1.82) is 0 Å². The van der Waals surface area contributed by atoms with E-state index in [1.807, 2.05) is 32.9 Å². The van der Waals surface area contributed by atoms with Crippen molar-refractivity contribution in [2.45, 2.75) is 37.8 Å². The number of nitrogens with one attached hydrogen (secondary N) is 1. The number of halogens is 2. The van der Waals surface area contributed by atoms with Crippen LogP contribution >= 0.6 is 35.0 Å². The van der Waals surface area contributed by atoms with Crippen LogP contribution in [-0.4, -0.2) is 23.4 Å². The molecule has 1 heterocycles. The fraction of sp³-hybridized carbons (Fsp3) is 0.500. The number of hydrogen-bond acceptors (Lipinski definition) is 4. The number of carbonyl (C=O) groups is 1. The maximum atomic E-state index is 12.0. The summed E-state index contributed by atoms with van der Waals surface area (Å²) in [7, 11) is 0. The van der Waals surface area contributed by atoms with Gasteiger partial charge in [-0.1, -0.05) is 35.3 Å². The van der Waals surface area contributed by atoms with Crippen LogP contribution < -0.4 is 5.32 Å². The van der Waals surface area contributed by atoms with Gasteiger partial charge in [0.1, 0.15) is 11.6 Å². The van der Waals surface area contributed by atoms with Crippen LogP contribution in [0.15, 0.2) is 18.2 Å². The zero-order valence-electron chi connectivity index (χ0n) is 11.6. The van der Waals surface area contributed by atoms with Crippen LogP contribution in [0.25, 0.3) is 0 Å². The van der Waals surface area contributed by atoms with E-state index in [1.54, 1.807) is 17.8 Å². The molecule has 1 saturated heterocycles. The van der Waals surface area contributed by atoms with E-state index in [0.717, 1.165) is 5.56 Å². The lowest BCUT2D eigenvalue weighted by Gasteiger charge is -2.22. The zero-order chi connectivity index (χ0) is 14.9. The number of carbonyl (C=O) groups excluding carboxylic acids is 1. The average molecular weight is 334 g/mol. The highest BCUT2D eigenvalue weighted by atomic mass is 35.5. The van der Waals surface area contributed by atoms with Crippen molar-refractivity contribution in [1.82, 2.24) is 5.32 Å². The summed E-state index contributed by atoms with van der Waals surface area (Å²) >= 11 is 13.8. The van der Waals surface area contributed by atoms with Crippen molar-refractivity contribution in [2.24, 2.45) is 0 Å². The predicted octanol–water partition coefficient (Wildman–Crippen LogP) is 4.04. The summed E-state index contributed by atoms with van der Waals surface area (Å²) in [5.41, 5.74) is 0.421. The number of ether oxygens (including phenoxy) is 1. The molecule has 1 unspecified atom stereocenters. The number of benzene rings is 1. The first-order valence-electron chi connectivity index (χ1n) is 6.32. The van der Waals surface area contributed by atoms with Gasteiger partial charge in [0.05, 0.1) is 15.4 Å². The van der Waals surface area contributed by atoms with Gasteiger partial charge in [-0.3, -0.25) is 10.1 Å². The molecule has 1 aliphatic heterocycles. The Balaban J connectivity index is 2.06. The Morgan fingerprint density at radius 1 is 1.40 bits per heavy atom. The lowest BCUT2D eigenvalue weighted by atomic mass is 10.2. The van der Waals surface area contributed by atoms with E-state index in [0.29, 0.717) is 15.8 Å². The lowest BCUT2D eigenvalue weighted by molar-refractivity contribution is -0.156. The molecule has 3 nitrogen and oxygen atoms in total. The Labute approximate surface area is 133 Å². The highest BCUT2D eigenvalue weighted by Gasteiger charge is 2.34. The van der Waals surface area contributed by atoms with Crippen molar-refractivity contribution >= 4 is 40.9 Å². The molecule has 1 N–H and O–H groups in total. The first kappa shape index (κ1) is 16.0. The Morgan fingerprint density at radius 3 is 2.75 bits per heavy atom. The van der Waals surface area contributed by atoms with Gasteiger partial charge in [0.2, 0.25) is 0 Å². The van der Waals surface area contributed by atoms with Gasteiger partial charge in [-0.15, -0.1) is 11.8 Å². The Bertz CT molecular complexity index is 516. The van der Waals surface area contributed by atoms with Crippen molar-refractivity contribution < 1.29 is 9.53 Å². The summed E-state index contributed by atoms with van der Waals surface area (Å²) in [5.74, 6) is 0.424. The maximum Gasteiger partial charge on any atom is 0.324 e. The predicted molar refractivity (Wildman–Crippen MR) is 84.4 cm³/mol. The minimum absolute atomic E-state index is 0.0429. The molecule has 1 aromatic rings. The summed E-state index contributed by atoms with van der Waals surface area (Å²) in [6.45, 7) is 5.58. The third-order valence-electron chi connectivity index (χ3n) is 2.74.